The van der Waals surface area contributed by atoms with E-state index in [2.05, 4.69) is 31.1 Å². The molecular weight excluding hydrogens is 212 g/mol. The first-order valence-electron chi connectivity index (χ1n) is 6.55. The van der Waals surface area contributed by atoms with Crippen molar-refractivity contribution in [3.05, 3.63) is 23.9 Å². The van der Waals surface area contributed by atoms with Gasteiger partial charge in [0.15, 0.2) is 0 Å². The molecule has 0 saturated heterocycles. The lowest BCUT2D eigenvalue weighted by molar-refractivity contribution is 0.0771. The van der Waals surface area contributed by atoms with Crippen molar-refractivity contribution in [3.63, 3.8) is 0 Å². The molecule has 0 aromatic carbocycles. The fourth-order valence-electron chi connectivity index (χ4n) is 2.17. The molecule has 3 heteroatoms. The maximum atomic E-state index is 5.85. The zero-order valence-electron chi connectivity index (χ0n) is 10.9. The van der Waals surface area contributed by atoms with Crippen LogP contribution in [0.2, 0.25) is 0 Å². The minimum Gasteiger partial charge on any atom is -0.474 e. The molecule has 2 rings (SSSR count). The predicted molar refractivity (Wildman–Crippen MR) is 69.3 cm³/mol. The van der Waals surface area contributed by atoms with Crippen LogP contribution in [0, 0.1) is 0 Å². The molecule has 1 heterocycles. The van der Waals surface area contributed by atoms with Gasteiger partial charge in [-0.2, -0.15) is 0 Å². The van der Waals surface area contributed by atoms with E-state index in [1.807, 2.05) is 18.3 Å². The van der Waals surface area contributed by atoms with Crippen molar-refractivity contribution in [2.45, 2.75) is 58.2 Å². The summed E-state index contributed by atoms with van der Waals surface area (Å²) in [6.45, 7) is 6.51. The summed E-state index contributed by atoms with van der Waals surface area (Å²) in [4.78, 5) is 4.25. The van der Waals surface area contributed by atoms with Gasteiger partial charge in [-0.15, -0.1) is 0 Å². The van der Waals surface area contributed by atoms with Gasteiger partial charge in [0.2, 0.25) is 5.88 Å². The molecule has 1 fully saturated rings. The number of aromatic nitrogens is 1. The van der Waals surface area contributed by atoms with Crippen molar-refractivity contribution in [1.29, 1.82) is 0 Å². The van der Waals surface area contributed by atoms with Crippen LogP contribution in [0.3, 0.4) is 0 Å². The molecule has 1 aromatic heterocycles. The maximum Gasteiger partial charge on any atom is 0.213 e. The number of pyridine rings is 1. The SMILES string of the molecule is CCc1ccnc(OC2CC(NC(C)C)C2)c1. The Morgan fingerprint density at radius 1 is 1.47 bits per heavy atom. The quantitative estimate of drug-likeness (QED) is 0.850. The molecule has 0 amide bonds. The van der Waals surface area contributed by atoms with Crippen LogP contribution in [-0.2, 0) is 6.42 Å². The Balaban J connectivity index is 1.79. The molecule has 0 atom stereocenters. The predicted octanol–water partition coefficient (Wildman–Crippen LogP) is 2.55. The van der Waals surface area contributed by atoms with E-state index in [1.54, 1.807) is 0 Å². The Hall–Kier alpha value is -1.09. The molecule has 17 heavy (non-hydrogen) atoms. The standard InChI is InChI=1S/C14H22N2O/c1-4-11-5-6-15-14(7-11)17-13-8-12(9-13)16-10(2)3/h5-7,10,12-13,16H,4,8-9H2,1-3H3. The molecule has 1 aliphatic rings. The highest BCUT2D eigenvalue weighted by Gasteiger charge is 2.31. The summed E-state index contributed by atoms with van der Waals surface area (Å²) in [6.07, 6.45) is 5.38. The van der Waals surface area contributed by atoms with Gasteiger partial charge >= 0.3 is 0 Å². The number of nitrogens with zero attached hydrogens (tertiary/aromatic N) is 1. The molecule has 1 saturated carbocycles. The first-order valence-corrected chi connectivity index (χ1v) is 6.55. The Kier molecular flexibility index (Phi) is 4.00. The summed E-state index contributed by atoms with van der Waals surface area (Å²) in [6, 6.07) is 5.26. The second-order valence-corrected chi connectivity index (χ2v) is 5.09. The average Bonchev–Trinajstić information content (AvgIpc) is 2.26. The molecule has 0 spiro atoms. The maximum absolute atomic E-state index is 5.85. The second-order valence-electron chi connectivity index (χ2n) is 5.09. The van der Waals surface area contributed by atoms with Crippen LogP contribution in [-0.4, -0.2) is 23.2 Å². The first-order chi connectivity index (χ1) is 8.17. The molecular formula is C14H22N2O. The lowest BCUT2D eigenvalue weighted by Crippen LogP contribution is -2.49. The monoisotopic (exact) mass is 234 g/mol. The van der Waals surface area contributed by atoms with E-state index < -0.39 is 0 Å². The minimum absolute atomic E-state index is 0.339. The van der Waals surface area contributed by atoms with Crippen LogP contribution in [0.1, 0.15) is 39.2 Å². The van der Waals surface area contributed by atoms with E-state index in [9.17, 15) is 0 Å². The number of aryl methyl sites for hydroxylation is 1. The van der Waals surface area contributed by atoms with Crippen LogP contribution in [0.4, 0.5) is 0 Å². The van der Waals surface area contributed by atoms with Crippen molar-refractivity contribution in [1.82, 2.24) is 10.3 Å². The van der Waals surface area contributed by atoms with E-state index in [-0.39, 0.29) is 0 Å². The van der Waals surface area contributed by atoms with Crippen molar-refractivity contribution in [3.8, 4) is 5.88 Å². The van der Waals surface area contributed by atoms with Crippen molar-refractivity contribution in [2.24, 2.45) is 0 Å². The molecule has 3 nitrogen and oxygen atoms in total. The van der Waals surface area contributed by atoms with E-state index >= 15 is 0 Å². The summed E-state index contributed by atoms with van der Waals surface area (Å²) in [7, 11) is 0. The third-order valence-corrected chi connectivity index (χ3v) is 3.16. The topological polar surface area (TPSA) is 34.1 Å². The molecule has 1 N–H and O–H groups in total. The Morgan fingerprint density at radius 3 is 2.88 bits per heavy atom. The summed E-state index contributed by atoms with van der Waals surface area (Å²) >= 11 is 0. The largest absolute Gasteiger partial charge is 0.474 e. The van der Waals surface area contributed by atoms with Crippen LogP contribution in [0.25, 0.3) is 0 Å². The molecule has 0 bridgehead atoms. The summed E-state index contributed by atoms with van der Waals surface area (Å²) < 4.78 is 5.85. The molecule has 1 aliphatic carbocycles. The highest BCUT2D eigenvalue weighted by atomic mass is 16.5. The summed E-state index contributed by atoms with van der Waals surface area (Å²) in [5, 5.41) is 3.52. The molecule has 0 unspecified atom stereocenters. The number of rotatable bonds is 5. The van der Waals surface area contributed by atoms with Crippen molar-refractivity contribution >= 4 is 0 Å². The highest BCUT2D eigenvalue weighted by Crippen LogP contribution is 2.25. The van der Waals surface area contributed by atoms with E-state index in [0.717, 1.165) is 25.1 Å². The van der Waals surface area contributed by atoms with Gasteiger partial charge in [0, 0.05) is 24.3 Å². The summed E-state index contributed by atoms with van der Waals surface area (Å²) in [5.41, 5.74) is 1.28. The van der Waals surface area contributed by atoms with Gasteiger partial charge in [-0.25, -0.2) is 4.98 Å². The lowest BCUT2D eigenvalue weighted by Gasteiger charge is -2.36. The second kappa shape index (κ2) is 5.50. The number of hydrogen-bond acceptors (Lipinski definition) is 3. The molecule has 1 aromatic rings. The van der Waals surface area contributed by atoms with Gasteiger partial charge in [0.25, 0.3) is 0 Å². The minimum atomic E-state index is 0.339. The zero-order valence-corrected chi connectivity index (χ0v) is 10.9. The number of nitrogens with one attached hydrogen (secondary N) is 1. The third kappa shape index (κ3) is 3.43. The average molecular weight is 234 g/mol. The van der Waals surface area contributed by atoms with Crippen molar-refractivity contribution in [2.75, 3.05) is 0 Å². The molecule has 94 valence electrons. The first kappa shape index (κ1) is 12.4. The number of ether oxygens (including phenoxy) is 1. The fourth-order valence-corrected chi connectivity index (χ4v) is 2.17. The lowest BCUT2D eigenvalue weighted by atomic mass is 9.89. The van der Waals surface area contributed by atoms with Gasteiger partial charge in [-0.1, -0.05) is 20.8 Å². The summed E-state index contributed by atoms with van der Waals surface area (Å²) in [5.74, 6) is 0.775. The smallest absolute Gasteiger partial charge is 0.213 e. The van der Waals surface area contributed by atoms with Gasteiger partial charge < -0.3 is 10.1 Å². The highest BCUT2D eigenvalue weighted by molar-refractivity contribution is 5.20. The molecule has 0 aliphatic heterocycles. The van der Waals surface area contributed by atoms with Gasteiger partial charge in [-0.3, -0.25) is 0 Å². The number of hydrogen-bond donors (Lipinski definition) is 1. The van der Waals surface area contributed by atoms with E-state index in [0.29, 0.717) is 18.2 Å². The Bertz CT molecular complexity index is 359. The Morgan fingerprint density at radius 2 is 2.24 bits per heavy atom. The zero-order chi connectivity index (χ0) is 12.3. The molecule has 0 radical (unpaired) electrons. The van der Waals surface area contributed by atoms with Gasteiger partial charge in [-0.05, 0) is 30.9 Å². The van der Waals surface area contributed by atoms with Crippen LogP contribution < -0.4 is 10.1 Å². The van der Waals surface area contributed by atoms with E-state index in [4.69, 9.17) is 4.74 Å². The van der Waals surface area contributed by atoms with Gasteiger partial charge in [0.05, 0.1) is 0 Å². The Labute approximate surface area is 104 Å². The van der Waals surface area contributed by atoms with Crippen LogP contribution in [0.15, 0.2) is 18.3 Å². The third-order valence-electron chi connectivity index (χ3n) is 3.16. The van der Waals surface area contributed by atoms with Gasteiger partial charge in [0.1, 0.15) is 6.10 Å². The normalized spacial score (nSPS) is 23.5. The van der Waals surface area contributed by atoms with E-state index in [1.165, 1.54) is 5.56 Å². The van der Waals surface area contributed by atoms with Crippen LogP contribution >= 0.6 is 0 Å². The van der Waals surface area contributed by atoms with Crippen LogP contribution in [0.5, 0.6) is 5.88 Å². The van der Waals surface area contributed by atoms with Crippen molar-refractivity contribution < 1.29 is 4.74 Å². The fraction of sp³-hybridized carbons (Fsp3) is 0.643.